The van der Waals surface area contributed by atoms with E-state index in [1.54, 1.807) is 25.3 Å². The van der Waals surface area contributed by atoms with Gasteiger partial charge >= 0.3 is 11.9 Å². The molecule has 0 fully saturated rings. The van der Waals surface area contributed by atoms with Crippen LogP contribution in [0.25, 0.3) is 0 Å². The summed E-state index contributed by atoms with van der Waals surface area (Å²) in [6, 6.07) is 1.51. The van der Waals surface area contributed by atoms with Crippen molar-refractivity contribution in [1.82, 2.24) is 0 Å². The van der Waals surface area contributed by atoms with Gasteiger partial charge in [0.2, 0.25) is 0 Å². The molecule has 0 amide bonds. The first-order valence-electron chi connectivity index (χ1n) is 7.02. The van der Waals surface area contributed by atoms with Crippen molar-refractivity contribution in [3.63, 3.8) is 0 Å². The molecule has 0 spiro atoms. The average Bonchev–Trinajstić information content (AvgIpc) is 2.81. The third-order valence-corrected chi connectivity index (χ3v) is 4.65. The van der Waals surface area contributed by atoms with Gasteiger partial charge in [0.1, 0.15) is 5.70 Å². The molecule has 0 aliphatic carbocycles. The van der Waals surface area contributed by atoms with E-state index in [-0.39, 0.29) is 21.3 Å². The molecule has 0 atom stereocenters. The van der Waals surface area contributed by atoms with Gasteiger partial charge in [-0.15, -0.1) is 0 Å². The Morgan fingerprint density at radius 3 is 2.24 bits per heavy atom. The molecule has 1 aliphatic rings. The summed E-state index contributed by atoms with van der Waals surface area (Å²) in [5.74, 6) is -1.46. The smallest absolute Gasteiger partial charge is 0.355 e. The minimum absolute atomic E-state index is 0.000846. The summed E-state index contributed by atoms with van der Waals surface area (Å²) >= 11 is 18.8. The summed E-state index contributed by atoms with van der Waals surface area (Å²) in [7, 11) is 2.42. The number of hydrogen-bond acceptors (Lipinski definition) is 5. The maximum absolute atomic E-state index is 12.4. The highest BCUT2D eigenvalue weighted by atomic mass is 35.5. The van der Waals surface area contributed by atoms with Crippen LogP contribution in [0.1, 0.15) is 5.56 Å². The third kappa shape index (κ3) is 3.68. The van der Waals surface area contributed by atoms with Crippen LogP contribution in [0.4, 0.5) is 5.69 Å². The van der Waals surface area contributed by atoms with Gasteiger partial charge in [-0.1, -0.05) is 40.9 Å². The maximum Gasteiger partial charge on any atom is 0.355 e. The number of rotatable bonds is 3. The van der Waals surface area contributed by atoms with Crippen LogP contribution < -0.4 is 4.90 Å². The summed E-state index contributed by atoms with van der Waals surface area (Å²) in [5, 5.41) is 0.833. The minimum atomic E-state index is -0.753. The second-order valence-electron chi connectivity index (χ2n) is 4.94. The van der Waals surface area contributed by atoms with Gasteiger partial charge in [-0.2, -0.15) is 0 Å². The molecule has 0 saturated heterocycles. The molecular formula is C17H14Cl3NO4. The predicted octanol–water partition coefficient (Wildman–Crippen LogP) is 4.45. The molecule has 25 heavy (non-hydrogen) atoms. The number of methoxy groups -OCH3 is 2. The van der Waals surface area contributed by atoms with Gasteiger partial charge in [0.15, 0.2) is 0 Å². The molecule has 1 aliphatic heterocycles. The molecule has 132 valence electrons. The molecule has 0 bridgehead atoms. The van der Waals surface area contributed by atoms with Gasteiger partial charge in [0.05, 0.1) is 35.5 Å². The van der Waals surface area contributed by atoms with Crippen LogP contribution in [0.2, 0.25) is 15.1 Å². The molecule has 2 rings (SSSR count). The molecule has 0 saturated carbocycles. The van der Waals surface area contributed by atoms with Crippen LogP contribution in [0.5, 0.6) is 0 Å². The van der Waals surface area contributed by atoms with Crippen molar-refractivity contribution in [3.05, 3.63) is 62.4 Å². The Morgan fingerprint density at radius 1 is 1.00 bits per heavy atom. The maximum atomic E-state index is 12.4. The van der Waals surface area contributed by atoms with E-state index >= 15 is 0 Å². The van der Waals surface area contributed by atoms with Gasteiger partial charge in [-0.25, -0.2) is 9.59 Å². The molecule has 1 heterocycles. The Bertz CT molecular complexity index is 828. The Morgan fingerprint density at radius 2 is 1.64 bits per heavy atom. The molecule has 8 heteroatoms. The van der Waals surface area contributed by atoms with E-state index in [2.05, 4.69) is 0 Å². The summed E-state index contributed by atoms with van der Waals surface area (Å²) in [5.41, 5.74) is 0.799. The van der Waals surface area contributed by atoms with Gasteiger partial charge in [-0.3, -0.25) is 0 Å². The summed E-state index contributed by atoms with van der Waals surface area (Å²) in [6.45, 7) is 1.72. The van der Waals surface area contributed by atoms with Crippen LogP contribution in [-0.4, -0.2) is 26.2 Å². The van der Waals surface area contributed by atoms with Crippen molar-refractivity contribution in [2.24, 2.45) is 0 Å². The van der Waals surface area contributed by atoms with Gasteiger partial charge in [0.25, 0.3) is 0 Å². The minimum Gasteiger partial charge on any atom is -0.465 e. The number of allylic oxidation sites excluding steroid dienone is 2. The Balaban J connectivity index is 2.81. The van der Waals surface area contributed by atoms with E-state index in [1.165, 1.54) is 31.3 Å². The number of benzene rings is 1. The largest absolute Gasteiger partial charge is 0.465 e. The number of halogens is 3. The fraction of sp³-hybridized carbons (Fsp3) is 0.176. The predicted molar refractivity (Wildman–Crippen MR) is 98.0 cm³/mol. The number of anilines is 1. The van der Waals surface area contributed by atoms with Crippen LogP contribution in [0.15, 0.2) is 41.8 Å². The van der Waals surface area contributed by atoms with E-state index in [1.807, 2.05) is 0 Å². The van der Waals surface area contributed by atoms with Crippen molar-refractivity contribution in [1.29, 1.82) is 0 Å². The second kappa shape index (κ2) is 7.95. The van der Waals surface area contributed by atoms with Crippen LogP contribution >= 0.6 is 34.8 Å². The average molecular weight is 403 g/mol. The summed E-state index contributed by atoms with van der Waals surface area (Å²) in [6.07, 6.45) is 6.19. The molecule has 0 unspecified atom stereocenters. The second-order valence-corrected chi connectivity index (χ2v) is 6.14. The van der Waals surface area contributed by atoms with Crippen molar-refractivity contribution in [3.8, 4) is 0 Å². The number of carbonyl (C=O) groups is 2. The topological polar surface area (TPSA) is 55.8 Å². The highest BCUT2D eigenvalue weighted by Crippen LogP contribution is 2.42. The molecule has 1 aromatic carbocycles. The number of ether oxygens (including phenoxy) is 2. The quantitative estimate of drug-likeness (QED) is 0.699. The Hall–Kier alpha value is -1.95. The van der Waals surface area contributed by atoms with Gasteiger partial charge in [-0.05, 0) is 30.7 Å². The van der Waals surface area contributed by atoms with Crippen molar-refractivity contribution in [2.45, 2.75) is 6.92 Å². The van der Waals surface area contributed by atoms with Crippen molar-refractivity contribution < 1.29 is 19.1 Å². The van der Waals surface area contributed by atoms with E-state index in [4.69, 9.17) is 44.3 Å². The van der Waals surface area contributed by atoms with E-state index < -0.39 is 11.9 Å². The fourth-order valence-corrected chi connectivity index (χ4v) is 3.18. The first-order valence-corrected chi connectivity index (χ1v) is 8.16. The van der Waals surface area contributed by atoms with E-state index in [0.29, 0.717) is 16.3 Å². The lowest BCUT2D eigenvalue weighted by Gasteiger charge is -2.26. The lowest BCUT2D eigenvalue weighted by molar-refractivity contribution is -0.139. The SMILES string of the molecule is COC(=O)C1=C(C(=O)OC)N(c2c(Cl)cc(Cl)c(C)c2Cl)C=CC=C1. The first kappa shape index (κ1) is 19.4. The van der Waals surface area contributed by atoms with E-state index in [0.717, 1.165) is 0 Å². The van der Waals surface area contributed by atoms with Crippen molar-refractivity contribution in [2.75, 3.05) is 19.1 Å². The molecule has 1 aromatic rings. The number of carbonyl (C=O) groups excluding carboxylic acids is 2. The standard InChI is InChI=1S/C17H14Cl3NO4/c1-9-11(18)8-12(19)15(13(9)20)21-7-5-4-6-10(16(22)24-2)14(21)17(23)25-3/h4-8H,1-3H3. The zero-order chi connectivity index (χ0) is 18.7. The zero-order valence-corrected chi connectivity index (χ0v) is 15.9. The Kier molecular flexibility index (Phi) is 6.16. The molecule has 5 nitrogen and oxygen atoms in total. The lowest BCUT2D eigenvalue weighted by atomic mass is 10.1. The van der Waals surface area contributed by atoms with Gasteiger partial charge in [0, 0.05) is 11.2 Å². The van der Waals surface area contributed by atoms with Crippen LogP contribution in [0, 0.1) is 6.92 Å². The van der Waals surface area contributed by atoms with Crippen LogP contribution in [-0.2, 0) is 19.1 Å². The van der Waals surface area contributed by atoms with Gasteiger partial charge < -0.3 is 14.4 Å². The van der Waals surface area contributed by atoms with Crippen molar-refractivity contribution >= 4 is 52.4 Å². The number of nitrogens with zero attached hydrogens (tertiary/aromatic N) is 1. The highest BCUT2D eigenvalue weighted by Gasteiger charge is 2.30. The summed E-state index contributed by atoms with van der Waals surface area (Å²) in [4.78, 5) is 25.9. The number of esters is 2. The van der Waals surface area contributed by atoms with Crippen LogP contribution in [0.3, 0.4) is 0 Å². The Labute approximate surface area is 160 Å². The normalized spacial score (nSPS) is 13.8. The third-order valence-electron chi connectivity index (χ3n) is 3.51. The molecule has 0 radical (unpaired) electrons. The van der Waals surface area contributed by atoms with E-state index in [9.17, 15) is 9.59 Å². The molecule has 0 aromatic heterocycles. The fourth-order valence-electron chi connectivity index (χ4n) is 2.23. The highest BCUT2D eigenvalue weighted by molar-refractivity contribution is 6.43. The molecular weight excluding hydrogens is 389 g/mol. The zero-order valence-electron chi connectivity index (χ0n) is 13.6. The number of hydrogen-bond donors (Lipinski definition) is 0. The summed E-state index contributed by atoms with van der Waals surface area (Å²) < 4.78 is 9.59. The first-order chi connectivity index (χ1) is 11.8. The molecule has 0 N–H and O–H groups in total. The monoisotopic (exact) mass is 401 g/mol. The lowest BCUT2D eigenvalue weighted by Crippen LogP contribution is -2.27.